The van der Waals surface area contributed by atoms with Gasteiger partial charge in [-0.15, -0.1) is 0 Å². The molecule has 2 aliphatic rings. The van der Waals surface area contributed by atoms with E-state index in [0.29, 0.717) is 0 Å². The molecule has 85 heavy (non-hydrogen) atoms. The molecule has 0 atom stereocenters. The molecular weight excluding hydrogens is 1030 g/mol. The van der Waals surface area contributed by atoms with Gasteiger partial charge in [-0.05, 0) is 214 Å². The van der Waals surface area contributed by atoms with Crippen molar-refractivity contribution < 1.29 is 0 Å². The monoisotopic (exact) mass is 1090 g/mol. The van der Waals surface area contributed by atoms with Gasteiger partial charge in [0.1, 0.15) is 0 Å². The minimum Gasteiger partial charge on any atom is -0.311 e. The summed E-state index contributed by atoms with van der Waals surface area (Å²) in [6, 6.07) is 124. The van der Waals surface area contributed by atoms with Gasteiger partial charge in [-0.2, -0.15) is 0 Å². The number of para-hydroxylation sites is 4. The maximum Gasteiger partial charge on any atom is 0.0471 e. The summed E-state index contributed by atoms with van der Waals surface area (Å²) in [5.41, 5.74) is 25.4. The Hall–Kier alpha value is -10.9. The summed E-state index contributed by atoms with van der Waals surface area (Å²) in [6.45, 7) is 0. The highest BCUT2D eigenvalue weighted by atomic mass is 15.2. The van der Waals surface area contributed by atoms with Crippen LogP contribution in [-0.4, -0.2) is 0 Å². The topological polar surface area (TPSA) is 13.0 Å². The molecule has 13 aromatic carbocycles. The van der Waals surface area contributed by atoms with Crippen LogP contribution in [0.1, 0.15) is 28.7 Å². The molecule has 0 fully saturated rings. The molecule has 4 nitrogen and oxygen atoms in total. The van der Waals surface area contributed by atoms with E-state index in [4.69, 9.17) is 0 Å². The lowest BCUT2D eigenvalue weighted by molar-refractivity contribution is 0.626. The van der Waals surface area contributed by atoms with E-state index in [-0.39, 0.29) is 0 Å². The number of hydrogen-bond donors (Lipinski definition) is 0. The smallest absolute Gasteiger partial charge is 0.0471 e. The average Bonchev–Trinajstić information content (AvgIpc) is 2.14. The largest absolute Gasteiger partial charge is 0.311 e. The molecule has 13 aromatic rings. The van der Waals surface area contributed by atoms with E-state index >= 15 is 0 Å². The van der Waals surface area contributed by atoms with Gasteiger partial charge in [0.05, 0.1) is 0 Å². The number of fused-ring (bicyclic) bond motifs is 7. The molecule has 0 aromatic heterocycles. The van der Waals surface area contributed by atoms with E-state index in [9.17, 15) is 0 Å². The number of aryl methyl sites for hydroxylation is 1. The molecule has 0 bridgehead atoms. The summed E-state index contributed by atoms with van der Waals surface area (Å²) in [4.78, 5) is 9.56. The first kappa shape index (κ1) is 51.0. The standard InChI is InChI=1S/C81H60N4/c1-7-23-59(24-8-1)62-28-21-38-72(55-62)84(70-45-41-68(42-46-70)82(64-30-11-3-12-31-64)65-32-13-4-14-33-65)74-49-51-76-77-52-50-75(58-80(77)81(79(76)57-74)54-53-61-27-19-20-40-78(61)81)85(73-39-22-29-63(56-73)60-25-9-2-10-26-60)71-47-43-69(44-48-71)83(66-34-15-5-16-35-66)67-36-17-6-18-37-67/h1-52,55-58H,53-54H2. The van der Waals surface area contributed by atoms with Gasteiger partial charge in [-0.25, -0.2) is 0 Å². The van der Waals surface area contributed by atoms with Gasteiger partial charge in [0.15, 0.2) is 0 Å². The zero-order valence-corrected chi connectivity index (χ0v) is 47.0. The number of rotatable bonds is 14. The van der Waals surface area contributed by atoms with Crippen molar-refractivity contribution in [3.8, 4) is 33.4 Å². The predicted octanol–water partition coefficient (Wildman–Crippen LogP) is 22.2. The van der Waals surface area contributed by atoms with Crippen molar-refractivity contribution >= 4 is 68.2 Å². The molecule has 0 heterocycles. The molecule has 4 heteroatoms. The van der Waals surface area contributed by atoms with E-state index < -0.39 is 5.41 Å². The van der Waals surface area contributed by atoms with Crippen LogP contribution in [0.2, 0.25) is 0 Å². The van der Waals surface area contributed by atoms with Crippen LogP contribution in [0.25, 0.3) is 33.4 Å². The molecular formula is C81H60N4. The Morgan fingerprint density at radius 2 is 0.471 bits per heavy atom. The highest BCUT2D eigenvalue weighted by Gasteiger charge is 2.49. The Morgan fingerprint density at radius 3 is 0.847 bits per heavy atom. The second kappa shape index (κ2) is 22.1. The number of anilines is 12. The van der Waals surface area contributed by atoms with Gasteiger partial charge < -0.3 is 19.6 Å². The molecule has 0 saturated heterocycles. The van der Waals surface area contributed by atoms with Crippen LogP contribution in [0.15, 0.2) is 340 Å². The van der Waals surface area contributed by atoms with Gasteiger partial charge in [0.25, 0.3) is 0 Å². The fourth-order valence-corrected chi connectivity index (χ4v) is 13.3. The Labute approximate surface area is 498 Å². The van der Waals surface area contributed by atoms with Gasteiger partial charge in [0, 0.05) is 73.7 Å². The van der Waals surface area contributed by atoms with Crippen molar-refractivity contribution in [1.29, 1.82) is 0 Å². The Kier molecular flexibility index (Phi) is 13.2. The van der Waals surface area contributed by atoms with Crippen LogP contribution in [0.3, 0.4) is 0 Å². The SMILES string of the molecule is c1ccc(-c2cccc(N(c3ccc(N(c4ccccc4)c4ccccc4)cc3)c3ccc4c(c3)C3(CCc5ccccc53)c3cc(N(c5ccc(N(c6ccccc6)c6ccccc6)cc5)c5cccc(-c6ccccc6)c5)ccc3-4)c2)cc1. The van der Waals surface area contributed by atoms with Crippen LogP contribution in [-0.2, 0) is 11.8 Å². The van der Waals surface area contributed by atoms with Crippen LogP contribution >= 0.6 is 0 Å². The maximum atomic E-state index is 2.52. The summed E-state index contributed by atoms with van der Waals surface area (Å²) in [5.74, 6) is 0. The van der Waals surface area contributed by atoms with Crippen LogP contribution < -0.4 is 19.6 Å². The Morgan fingerprint density at radius 1 is 0.200 bits per heavy atom. The van der Waals surface area contributed by atoms with Crippen molar-refractivity contribution in [3.05, 3.63) is 362 Å². The van der Waals surface area contributed by atoms with E-state index in [0.717, 1.165) is 81.1 Å². The van der Waals surface area contributed by atoms with E-state index in [2.05, 4.69) is 359 Å². The fraction of sp³-hybridized carbons (Fsp3) is 0.0370. The minimum atomic E-state index is -0.409. The normalized spacial score (nSPS) is 12.5. The summed E-state index contributed by atoms with van der Waals surface area (Å²) in [7, 11) is 0. The zero-order valence-electron chi connectivity index (χ0n) is 47.0. The average molecular weight is 1090 g/mol. The molecule has 2 aliphatic carbocycles. The van der Waals surface area contributed by atoms with Crippen LogP contribution in [0.5, 0.6) is 0 Å². The van der Waals surface area contributed by atoms with Crippen molar-refractivity contribution in [2.75, 3.05) is 19.6 Å². The van der Waals surface area contributed by atoms with Crippen LogP contribution in [0, 0.1) is 0 Å². The second-order valence-electron chi connectivity index (χ2n) is 22.1. The van der Waals surface area contributed by atoms with E-state index in [1.807, 2.05) is 0 Å². The summed E-state index contributed by atoms with van der Waals surface area (Å²) >= 11 is 0. The fourth-order valence-electron chi connectivity index (χ4n) is 13.3. The first-order valence-corrected chi connectivity index (χ1v) is 29.4. The third-order valence-electron chi connectivity index (χ3n) is 17.2. The second-order valence-corrected chi connectivity index (χ2v) is 22.1. The molecule has 0 aliphatic heterocycles. The quantitative estimate of drug-likeness (QED) is 0.108. The first-order valence-electron chi connectivity index (χ1n) is 29.4. The zero-order chi connectivity index (χ0) is 56.5. The highest BCUT2D eigenvalue weighted by molar-refractivity contribution is 5.92. The van der Waals surface area contributed by atoms with E-state index in [1.165, 1.54) is 55.6 Å². The minimum absolute atomic E-state index is 0.409. The molecule has 0 radical (unpaired) electrons. The maximum absolute atomic E-state index is 2.52. The van der Waals surface area contributed by atoms with Crippen molar-refractivity contribution in [3.63, 3.8) is 0 Å². The van der Waals surface area contributed by atoms with Crippen molar-refractivity contribution in [2.24, 2.45) is 0 Å². The Bertz CT molecular complexity index is 4120. The third-order valence-corrected chi connectivity index (χ3v) is 17.2. The number of benzene rings is 13. The summed E-state index contributed by atoms with van der Waals surface area (Å²) in [5, 5.41) is 0. The summed E-state index contributed by atoms with van der Waals surface area (Å²) < 4.78 is 0. The van der Waals surface area contributed by atoms with E-state index in [1.54, 1.807) is 0 Å². The lowest BCUT2D eigenvalue weighted by Gasteiger charge is -2.32. The molecule has 0 saturated carbocycles. The molecule has 0 amide bonds. The predicted molar refractivity (Wildman–Crippen MR) is 356 cm³/mol. The summed E-state index contributed by atoms with van der Waals surface area (Å²) in [6.07, 6.45) is 1.94. The third kappa shape index (κ3) is 9.40. The first-order chi connectivity index (χ1) is 42.1. The molecule has 15 rings (SSSR count). The van der Waals surface area contributed by atoms with Crippen molar-refractivity contribution in [1.82, 2.24) is 0 Å². The lowest BCUT2D eigenvalue weighted by Crippen LogP contribution is -2.24. The highest BCUT2D eigenvalue weighted by Crippen LogP contribution is 2.60. The molecule has 404 valence electrons. The Balaban J connectivity index is 0.880. The molecule has 1 spiro atoms. The van der Waals surface area contributed by atoms with Gasteiger partial charge in [0.2, 0.25) is 0 Å². The van der Waals surface area contributed by atoms with Gasteiger partial charge in [-0.3, -0.25) is 0 Å². The van der Waals surface area contributed by atoms with Crippen LogP contribution in [0.4, 0.5) is 68.2 Å². The van der Waals surface area contributed by atoms with Gasteiger partial charge >= 0.3 is 0 Å². The van der Waals surface area contributed by atoms with Crippen molar-refractivity contribution in [2.45, 2.75) is 18.3 Å². The number of hydrogen-bond acceptors (Lipinski definition) is 4. The lowest BCUT2D eigenvalue weighted by atomic mass is 9.73. The molecule has 0 unspecified atom stereocenters. The van der Waals surface area contributed by atoms with Gasteiger partial charge in [-0.1, -0.05) is 194 Å². The molecule has 0 N–H and O–H groups in total. The number of nitrogens with zero attached hydrogens (tertiary/aromatic N) is 4.